The van der Waals surface area contributed by atoms with E-state index in [0.717, 1.165) is 5.56 Å². The van der Waals surface area contributed by atoms with E-state index in [4.69, 9.17) is 11.6 Å². The molecule has 2 atom stereocenters. The van der Waals surface area contributed by atoms with Gasteiger partial charge in [-0.3, -0.25) is 9.59 Å². The summed E-state index contributed by atoms with van der Waals surface area (Å²) in [6.45, 7) is 4.04. The first-order valence-corrected chi connectivity index (χ1v) is 10.6. The van der Waals surface area contributed by atoms with Crippen molar-refractivity contribution in [3.05, 3.63) is 99.6 Å². The molecule has 1 heterocycles. The van der Waals surface area contributed by atoms with Crippen molar-refractivity contribution in [3.63, 3.8) is 0 Å². The van der Waals surface area contributed by atoms with Crippen LogP contribution in [-0.4, -0.2) is 11.8 Å². The molecule has 3 aliphatic carbocycles. The summed E-state index contributed by atoms with van der Waals surface area (Å²) in [6.07, 6.45) is 0. The number of nitrogens with zero attached hydrogens (tertiary/aromatic N) is 1. The van der Waals surface area contributed by atoms with Gasteiger partial charge >= 0.3 is 0 Å². The highest BCUT2D eigenvalue weighted by molar-refractivity contribution is 6.32. The second kappa shape index (κ2) is 5.83. The third kappa shape index (κ3) is 1.96. The number of hydrogen-bond donors (Lipinski definition) is 0. The molecule has 148 valence electrons. The number of carbonyl (C=O) groups is 2. The SMILES string of the molecule is Cc1ccc(N2C(=O)[C@@H]3C4c5ccccc5C(C)(c5ccccc54)[C@H]3C2=O)cc1Cl. The molecule has 3 aromatic carbocycles. The number of halogens is 1. The molecule has 0 unspecified atom stereocenters. The summed E-state index contributed by atoms with van der Waals surface area (Å²) in [7, 11) is 0. The highest BCUT2D eigenvalue weighted by Gasteiger charge is 2.66. The Bertz CT molecular complexity index is 1220. The number of amides is 2. The minimum Gasteiger partial charge on any atom is -0.274 e. The van der Waals surface area contributed by atoms with Crippen molar-refractivity contribution in [3.8, 4) is 0 Å². The highest BCUT2D eigenvalue weighted by atomic mass is 35.5. The molecule has 4 heteroatoms. The average molecular weight is 414 g/mol. The standard InChI is InChI=1S/C26H20ClNO2/c1-14-11-12-15(13-20(14)27)28-24(29)22-21-16-7-3-5-9-18(16)26(2,23(22)25(28)30)19-10-6-4-8-17(19)21/h3-13,21-23H,1-2H3/t21?,22-,23-,26?/m1/s1. The van der Waals surface area contributed by atoms with Crippen molar-refractivity contribution in [2.24, 2.45) is 11.8 Å². The largest absolute Gasteiger partial charge is 0.274 e. The molecule has 0 aromatic heterocycles. The van der Waals surface area contributed by atoms with E-state index in [0.29, 0.717) is 10.7 Å². The van der Waals surface area contributed by atoms with Crippen LogP contribution in [0.1, 0.15) is 40.7 Å². The van der Waals surface area contributed by atoms with E-state index in [-0.39, 0.29) is 17.7 Å². The van der Waals surface area contributed by atoms with Crippen molar-refractivity contribution >= 4 is 29.1 Å². The minimum absolute atomic E-state index is 0.105. The Hall–Kier alpha value is -2.91. The zero-order valence-corrected chi connectivity index (χ0v) is 17.5. The Kier molecular flexibility index (Phi) is 3.48. The van der Waals surface area contributed by atoms with Crippen LogP contribution in [0.25, 0.3) is 0 Å². The monoisotopic (exact) mass is 413 g/mol. The van der Waals surface area contributed by atoms with Gasteiger partial charge in [-0.15, -0.1) is 0 Å². The van der Waals surface area contributed by atoms with Gasteiger partial charge in [0.15, 0.2) is 0 Å². The summed E-state index contributed by atoms with van der Waals surface area (Å²) in [5, 5.41) is 0.559. The molecular weight excluding hydrogens is 394 g/mol. The lowest BCUT2D eigenvalue weighted by molar-refractivity contribution is -0.123. The van der Waals surface area contributed by atoms with Gasteiger partial charge in [-0.1, -0.05) is 73.1 Å². The fourth-order valence-electron chi connectivity index (χ4n) is 6.13. The van der Waals surface area contributed by atoms with Gasteiger partial charge in [-0.2, -0.15) is 0 Å². The second-order valence-corrected chi connectivity index (χ2v) is 9.21. The Morgan fingerprint density at radius 2 is 1.47 bits per heavy atom. The third-order valence-electron chi connectivity index (χ3n) is 7.46. The van der Waals surface area contributed by atoms with Gasteiger partial charge in [0.2, 0.25) is 11.8 Å². The van der Waals surface area contributed by atoms with Crippen LogP contribution in [-0.2, 0) is 15.0 Å². The van der Waals surface area contributed by atoms with Crippen molar-refractivity contribution in [2.45, 2.75) is 25.2 Å². The number of imide groups is 1. The summed E-state index contributed by atoms with van der Waals surface area (Å²) in [5.74, 6) is -1.16. The maximum absolute atomic E-state index is 13.8. The molecule has 0 saturated carbocycles. The lowest BCUT2D eigenvalue weighted by Gasteiger charge is -2.52. The molecule has 30 heavy (non-hydrogen) atoms. The Morgan fingerprint density at radius 3 is 2.07 bits per heavy atom. The number of anilines is 1. The van der Waals surface area contributed by atoms with E-state index < -0.39 is 17.3 Å². The number of carbonyl (C=O) groups excluding carboxylic acids is 2. The quantitative estimate of drug-likeness (QED) is 0.513. The van der Waals surface area contributed by atoms with Crippen molar-refractivity contribution < 1.29 is 9.59 Å². The summed E-state index contributed by atoms with van der Waals surface area (Å²) >= 11 is 6.33. The third-order valence-corrected chi connectivity index (χ3v) is 7.86. The van der Waals surface area contributed by atoms with Gasteiger partial charge in [0.05, 0.1) is 17.5 Å². The van der Waals surface area contributed by atoms with E-state index in [1.54, 1.807) is 6.07 Å². The molecule has 3 aromatic rings. The molecule has 4 aliphatic rings. The van der Waals surface area contributed by atoms with Gasteiger partial charge in [0.1, 0.15) is 0 Å². The summed E-state index contributed by atoms with van der Waals surface area (Å²) < 4.78 is 0. The first-order valence-electron chi connectivity index (χ1n) is 10.3. The molecular formula is C26H20ClNO2. The Morgan fingerprint density at radius 1 is 0.867 bits per heavy atom. The summed E-state index contributed by atoms with van der Waals surface area (Å²) in [6, 6.07) is 22.0. The van der Waals surface area contributed by atoms with E-state index in [1.165, 1.54) is 27.2 Å². The van der Waals surface area contributed by atoms with Gasteiger partial charge in [-0.05, 0) is 46.9 Å². The minimum atomic E-state index is -0.539. The first kappa shape index (κ1) is 17.9. The number of aryl methyl sites for hydroxylation is 1. The first-order chi connectivity index (χ1) is 14.4. The molecule has 7 rings (SSSR count). The van der Waals surface area contributed by atoms with Crippen molar-refractivity contribution in [1.29, 1.82) is 0 Å². The van der Waals surface area contributed by atoms with Gasteiger partial charge in [0, 0.05) is 16.4 Å². The van der Waals surface area contributed by atoms with Gasteiger partial charge in [-0.25, -0.2) is 4.90 Å². The number of hydrogen-bond acceptors (Lipinski definition) is 2. The number of benzene rings is 3. The maximum atomic E-state index is 13.8. The van der Waals surface area contributed by atoms with Crippen LogP contribution in [0.2, 0.25) is 5.02 Å². The zero-order chi connectivity index (χ0) is 20.8. The Balaban J connectivity index is 1.60. The van der Waals surface area contributed by atoms with Crippen LogP contribution >= 0.6 is 11.6 Å². The van der Waals surface area contributed by atoms with Crippen molar-refractivity contribution in [2.75, 3.05) is 4.90 Å². The molecule has 0 N–H and O–H groups in total. The van der Waals surface area contributed by atoms with Crippen LogP contribution < -0.4 is 4.90 Å². The second-order valence-electron chi connectivity index (χ2n) is 8.80. The molecule has 1 aliphatic heterocycles. The van der Waals surface area contributed by atoms with Crippen LogP contribution in [0.3, 0.4) is 0 Å². The van der Waals surface area contributed by atoms with E-state index in [1.807, 2.05) is 43.3 Å². The van der Waals surface area contributed by atoms with Crippen LogP contribution in [0.15, 0.2) is 66.7 Å². The summed E-state index contributed by atoms with van der Waals surface area (Å²) in [4.78, 5) is 29.0. The predicted octanol–water partition coefficient (Wildman–Crippen LogP) is 5.22. The van der Waals surface area contributed by atoms with Crippen LogP contribution in [0.5, 0.6) is 0 Å². The topological polar surface area (TPSA) is 37.4 Å². The zero-order valence-electron chi connectivity index (χ0n) is 16.7. The fraction of sp³-hybridized carbons (Fsp3) is 0.231. The van der Waals surface area contributed by atoms with Crippen LogP contribution in [0, 0.1) is 18.8 Å². The molecule has 0 spiro atoms. The normalized spacial score (nSPS) is 28.4. The molecule has 2 bridgehead atoms. The van der Waals surface area contributed by atoms with Crippen molar-refractivity contribution in [1.82, 2.24) is 0 Å². The smallest absolute Gasteiger partial charge is 0.238 e. The maximum Gasteiger partial charge on any atom is 0.238 e. The lowest BCUT2D eigenvalue weighted by atomic mass is 9.48. The summed E-state index contributed by atoms with van der Waals surface area (Å²) in [5.41, 5.74) is 5.62. The molecule has 1 saturated heterocycles. The van der Waals surface area contributed by atoms with Crippen LogP contribution in [0.4, 0.5) is 5.69 Å². The molecule has 3 nitrogen and oxygen atoms in total. The molecule has 1 fully saturated rings. The average Bonchev–Trinajstić information content (AvgIpc) is 3.02. The molecule has 0 radical (unpaired) electrons. The highest BCUT2D eigenvalue weighted by Crippen LogP contribution is 2.64. The lowest BCUT2D eigenvalue weighted by Crippen LogP contribution is -2.51. The fourth-order valence-corrected chi connectivity index (χ4v) is 6.30. The van der Waals surface area contributed by atoms with Gasteiger partial charge < -0.3 is 0 Å². The van der Waals surface area contributed by atoms with E-state index in [2.05, 4.69) is 31.2 Å². The Labute approximate surface area is 180 Å². The number of rotatable bonds is 1. The predicted molar refractivity (Wildman–Crippen MR) is 117 cm³/mol. The van der Waals surface area contributed by atoms with Gasteiger partial charge in [0.25, 0.3) is 0 Å². The van der Waals surface area contributed by atoms with E-state index >= 15 is 0 Å². The van der Waals surface area contributed by atoms with E-state index in [9.17, 15) is 9.59 Å². The molecule has 2 amide bonds.